The number of nitrogens with one attached hydrogen (secondary N) is 2. The molecule has 2 aromatic carbocycles. The van der Waals surface area contributed by atoms with Crippen LogP contribution in [-0.4, -0.2) is 52.0 Å². The van der Waals surface area contributed by atoms with Gasteiger partial charge in [-0.3, -0.25) is 4.79 Å². The summed E-state index contributed by atoms with van der Waals surface area (Å²) in [5, 5.41) is 6.18. The second kappa shape index (κ2) is 9.72. The van der Waals surface area contributed by atoms with Crippen LogP contribution in [-0.2, 0) is 22.3 Å². The average molecular weight is 555 g/mol. The molecule has 11 nitrogen and oxygen atoms in total. The van der Waals surface area contributed by atoms with E-state index in [0.717, 1.165) is 0 Å². The van der Waals surface area contributed by atoms with Crippen molar-refractivity contribution in [3.8, 4) is 28.3 Å². The van der Waals surface area contributed by atoms with Gasteiger partial charge in [-0.1, -0.05) is 36.4 Å². The lowest BCUT2D eigenvalue weighted by Gasteiger charge is -2.12. The number of carbonyl (C=O) groups is 1. The molecule has 1 fully saturated rings. The first kappa shape index (κ1) is 25.4. The number of nitrogens with zero attached hydrogens (tertiary/aromatic N) is 3. The van der Waals surface area contributed by atoms with Crippen LogP contribution < -0.4 is 15.6 Å². The molecule has 2 N–H and O–H groups in total. The predicted octanol–water partition coefficient (Wildman–Crippen LogP) is 4.15. The molecule has 0 radical (unpaired) electrons. The van der Waals surface area contributed by atoms with Crippen LogP contribution in [0.4, 0.5) is 18.0 Å². The number of amides is 1. The molecule has 1 unspecified atom stereocenters. The number of oxazole rings is 1. The molecule has 14 heteroatoms. The molecular weight excluding hydrogens is 535 g/mol. The molecule has 1 atom stereocenters. The Kier molecular flexibility index (Phi) is 6.18. The first-order valence-electron chi connectivity index (χ1n) is 12.0. The zero-order valence-corrected chi connectivity index (χ0v) is 20.7. The fourth-order valence-corrected chi connectivity index (χ4v) is 4.54. The number of para-hydroxylation sites is 1. The lowest BCUT2D eigenvalue weighted by molar-refractivity contribution is -0.140. The number of methoxy groups -OCH3 is 1. The van der Waals surface area contributed by atoms with Crippen LogP contribution in [0.5, 0.6) is 5.75 Å². The normalized spacial score (nSPS) is 15.5. The number of carbonyl (C=O) groups excluding carboxylic acids is 1. The molecule has 0 spiro atoms. The molecule has 1 saturated heterocycles. The van der Waals surface area contributed by atoms with Gasteiger partial charge in [0.1, 0.15) is 23.1 Å². The number of rotatable bonds is 7. The van der Waals surface area contributed by atoms with Crippen LogP contribution >= 0.6 is 0 Å². The number of halogens is 3. The number of benzene rings is 2. The molecule has 0 aliphatic carbocycles. The van der Waals surface area contributed by atoms with Gasteiger partial charge in [-0.2, -0.15) is 22.8 Å². The van der Waals surface area contributed by atoms with Crippen LogP contribution in [0.3, 0.4) is 0 Å². The Balaban J connectivity index is 1.55. The van der Waals surface area contributed by atoms with Crippen molar-refractivity contribution in [1.29, 1.82) is 0 Å². The van der Waals surface area contributed by atoms with Crippen LogP contribution in [0.2, 0.25) is 0 Å². The number of ether oxygens (including phenoxy) is 3. The molecule has 1 aliphatic rings. The number of H-pyrrole nitrogens is 1. The minimum absolute atomic E-state index is 0.0363. The average Bonchev–Trinajstić information content (AvgIpc) is 3.65. The standard InChI is InChI=1S/C26H20F3N5O6/c1-37-16-8-5-9-17-20(16)32-23(40-17)19-15(12-38-11-14-10-30-25(36)39-14)31-22-18(13-6-3-2-4-7-13)21(26(27,28)29)33-34(22)24(19)35/h2-9,14,31H,10-12H2,1H3,(H,30,36). The molecule has 3 aromatic heterocycles. The van der Waals surface area contributed by atoms with Crippen molar-refractivity contribution < 1.29 is 36.6 Å². The van der Waals surface area contributed by atoms with Crippen molar-refractivity contribution >= 4 is 22.8 Å². The van der Waals surface area contributed by atoms with Gasteiger partial charge < -0.3 is 28.9 Å². The number of fused-ring (bicyclic) bond motifs is 2. The van der Waals surface area contributed by atoms with Gasteiger partial charge in [0.15, 0.2) is 16.8 Å². The second-order valence-corrected chi connectivity index (χ2v) is 8.88. The molecule has 1 aliphatic heterocycles. The van der Waals surface area contributed by atoms with Crippen LogP contribution in [0.1, 0.15) is 11.4 Å². The number of cyclic esters (lactones) is 1. The molecule has 5 aromatic rings. The third-order valence-corrected chi connectivity index (χ3v) is 6.31. The molecule has 206 valence electrons. The summed E-state index contributed by atoms with van der Waals surface area (Å²) < 4.78 is 65.0. The predicted molar refractivity (Wildman–Crippen MR) is 134 cm³/mol. The summed E-state index contributed by atoms with van der Waals surface area (Å²) in [6, 6.07) is 12.7. The Morgan fingerprint density at radius 3 is 2.60 bits per heavy atom. The molecular formula is C26H20F3N5O6. The maximum absolute atomic E-state index is 14.1. The maximum atomic E-state index is 14.1. The fourth-order valence-electron chi connectivity index (χ4n) is 4.54. The first-order chi connectivity index (χ1) is 19.2. The number of aromatic amines is 1. The summed E-state index contributed by atoms with van der Waals surface area (Å²) in [7, 11) is 1.44. The lowest BCUT2D eigenvalue weighted by Crippen LogP contribution is -2.23. The Morgan fingerprint density at radius 2 is 1.90 bits per heavy atom. The van der Waals surface area contributed by atoms with Crippen molar-refractivity contribution in [3.05, 3.63) is 70.3 Å². The Bertz CT molecular complexity index is 1790. The van der Waals surface area contributed by atoms with E-state index in [1.54, 1.807) is 36.4 Å². The largest absolute Gasteiger partial charge is 0.494 e. The Morgan fingerprint density at radius 1 is 1.10 bits per heavy atom. The van der Waals surface area contributed by atoms with Gasteiger partial charge in [-0.25, -0.2) is 9.78 Å². The lowest BCUT2D eigenvalue weighted by atomic mass is 10.1. The molecule has 1 amide bonds. The highest BCUT2D eigenvalue weighted by Crippen LogP contribution is 2.39. The van der Waals surface area contributed by atoms with Gasteiger partial charge in [0.05, 0.1) is 38.1 Å². The van der Waals surface area contributed by atoms with E-state index >= 15 is 0 Å². The van der Waals surface area contributed by atoms with Gasteiger partial charge in [0, 0.05) is 0 Å². The summed E-state index contributed by atoms with van der Waals surface area (Å²) in [6.07, 6.45) is -6.03. The summed E-state index contributed by atoms with van der Waals surface area (Å²) in [5.74, 6) is 0.212. The minimum atomic E-state index is -4.86. The van der Waals surface area contributed by atoms with Crippen LogP contribution in [0.25, 0.3) is 39.3 Å². The maximum Gasteiger partial charge on any atom is 0.435 e. The third kappa shape index (κ3) is 4.41. The van der Waals surface area contributed by atoms with E-state index in [9.17, 15) is 22.8 Å². The van der Waals surface area contributed by atoms with E-state index in [1.165, 1.54) is 19.2 Å². The number of alkyl carbamates (subject to hydrolysis) is 1. The van der Waals surface area contributed by atoms with Gasteiger partial charge in [-0.05, 0) is 17.7 Å². The van der Waals surface area contributed by atoms with E-state index in [4.69, 9.17) is 18.6 Å². The zero-order chi connectivity index (χ0) is 28.0. The van der Waals surface area contributed by atoms with E-state index < -0.39 is 29.6 Å². The number of alkyl halides is 3. The number of aromatic nitrogens is 4. The Hall–Kier alpha value is -4.85. The topological polar surface area (TPSA) is 133 Å². The van der Waals surface area contributed by atoms with Gasteiger partial charge in [0.2, 0.25) is 5.89 Å². The quantitative estimate of drug-likeness (QED) is 0.306. The fraction of sp³-hybridized carbons (Fsp3) is 0.231. The minimum Gasteiger partial charge on any atom is -0.494 e. The number of hydrogen-bond acceptors (Lipinski definition) is 8. The first-order valence-corrected chi connectivity index (χ1v) is 12.0. The Labute approximate surface area is 222 Å². The number of hydrogen-bond donors (Lipinski definition) is 2. The van der Waals surface area contributed by atoms with Crippen molar-refractivity contribution in [2.45, 2.75) is 18.9 Å². The van der Waals surface area contributed by atoms with Crippen molar-refractivity contribution in [2.75, 3.05) is 20.3 Å². The van der Waals surface area contributed by atoms with E-state index in [-0.39, 0.29) is 53.7 Å². The highest BCUT2D eigenvalue weighted by molar-refractivity contribution is 5.84. The van der Waals surface area contributed by atoms with E-state index in [2.05, 4.69) is 20.4 Å². The van der Waals surface area contributed by atoms with Crippen LogP contribution in [0, 0.1) is 0 Å². The monoisotopic (exact) mass is 555 g/mol. The van der Waals surface area contributed by atoms with Crippen molar-refractivity contribution in [3.63, 3.8) is 0 Å². The zero-order valence-electron chi connectivity index (χ0n) is 20.7. The summed E-state index contributed by atoms with van der Waals surface area (Å²) in [5.41, 5.74) is -1.90. The molecule has 6 rings (SSSR count). The summed E-state index contributed by atoms with van der Waals surface area (Å²) in [4.78, 5) is 32.5. The second-order valence-electron chi connectivity index (χ2n) is 8.88. The summed E-state index contributed by atoms with van der Waals surface area (Å²) >= 11 is 0. The molecule has 0 saturated carbocycles. The van der Waals surface area contributed by atoms with Gasteiger partial charge in [0.25, 0.3) is 5.56 Å². The molecule has 40 heavy (non-hydrogen) atoms. The highest BCUT2D eigenvalue weighted by Gasteiger charge is 2.40. The highest BCUT2D eigenvalue weighted by atomic mass is 19.4. The van der Waals surface area contributed by atoms with E-state index in [1.807, 2.05) is 0 Å². The van der Waals surface area contributed by atoms with Crippen LogP contribution in [0.15, 0.2) is 57.7 Å². The third-order valence-electron chi connectivity index (χ3n) is 6.31. The molecule has 0 bridgehead atoms. The van der Waals surface area contributed by atoms with Gasteiger partial charge >= 0.3 is 12.3 Å². The van der Waals surface area contributed by atoms with Crippen molar-refractivity contribution in [2.24, 2.45) is 0 Å². The smallest absolute Gasteiger partial charge is 0.435 e. The summed E-state index contributed by atoms with van der Waals surface area (Å²) in [6.45, 7) is -0.0843. The molecule has 4 heterocycles. The van der Waals surface area contributed by atoms with Gasteiger partial charge in [-0.15, -0.1) is 0 Å². The SMILES string of the molecule is COc1cccc2oc(-c3c(COCC4CNC(=O)O4)[nH]c4c(-c5ccccc5)c(C(F)(F)F)nn4c3=O)nc12. The van der Waals surface area contributed by atoms with E-state index in [0.29, 0.717) is 21.4 Å². The van der Waals surface area contributed by atoms with Crippen molar-refractivity contribution in [1.82, 2.24) is 24.9 Å².